The lowest BCUT2D eigenvalue weighted by Crippen LogP contribution is -2.67. The van der Waals surface area contributed by atoms with Gasteiger partial charge in [0, 0.05) is 24.0 Å². The van der Waals surface area contributed by atoms with Crippen molar-refractivity contribution < 1.29 is 19.5 Å². The number of urea groups is 2. The van der Waals surface area contributed by atoms with E-state index in [4.69, 9.17) is 0 Å². The Hall–Kier alpha value is -3.85. The number of piperazine rings is 1. The first-order chi connectivity index (χ1) is 18.9. The van der Waals surface area contributed by atoms with Gasteiger partial charge in [-0.05, 0) is 73.9 Å². The molecule has 1 saturated carbocycles. The van der Waals surface area contributed by atoms with Gasteiger partial charge >= 0.3 is 18.0 Å². The molecular formula is C30H32N4O4S. The molecule has 202 valence electrons. The van der Waals surface area contributed by atoms with E-state index in [1.54, 1.807) is 21.1 Å². The number of hydrogen-bond donors (Lipinski definition) is 1. The van der Waals surface area contributed by atoms with Crippen LogP contribution in [0.5, 0.6) is 0 Å². The van der Waals surface area contributed by atoms with Gasteiger partial charge in [-0.15, -0.1) is 11.3 Å². The lowest BCUT2D eigenvalue weighted by molar-refractivity contribution is -0.145. The lowest BCUT2D eigenvalue weighted by Gasteiger charge is -2.47. The topological polar surface area (TPSA) is 84.4 Å². The molecule has 1 aliphatic carbocycles. The van der Waals surface area contributed by atoms with Gasteiger partial charge in [-0.25, -0.2) is 14.4 Å². The zero-order chi connectivity index (χ0) is 27.1. The van der Waals surface area contributed by atoms with Crippen LogP contribution in [-0.2, 0) is 11.3 Å². The molecule has 9 heteroatoms. The monoisotopic (exact) mass is 544 g/mol. The average Bonchev–Trinajstić information content (AvgIpc) is 3.63. The predicted octanol–water partition coefficient (Wildman–Crippen LogP) is 5.70. The van der Waals surface area contributed by atoms with Crippen LogP contribution in [0.2, 0.25) is 0 Å². The van der Waals surface area contributed by atoms with Crippen molar-refractivity contribution in [3.05, 3.63) is 82.6 Å². The molecule has 8 nitrogen and oxygen atoms in total. The molecule has 3 aromatic rings. The molecule has 3 fully saturated rings. The molecule has 4 amide bonds. The van der Waals surface area contributed by atoms with Crippen LogP contribution in [0, 0.1) is 6.92 Å². The average molecular weight is 545 g/mol. The molecule has 39 heavy (non-hydrogen) atoms. The van der Waals surface area contributed by atoms with E-state index in [1.807, 2.05) is 65.6 Å². The van der Waals surface area contributed by atoms with Gasteiger partial charge in [0.1, 0.15) is 0 Å². The van der Waals surface area contributed by atoms with Crippen LogP contribution < -0.4 is 4.90 Å². The number of amides is 4. The first kappa shape index (κ1) is 25.4. The number of benzene rings is 2. The van der Waals surface area contributed by atoms with Gasteiger partial charge in [0.15, 0.2) is 6.04 Å². The molecule has 1 N–H and O–H groups in total. The van der Waals surface area contributed by atoms with Crippen molar-refractivity contribution in [2.75, 3.05) is 11.4 Å². The number of para-hydroxylation sites is 2. The number of carboxylic acid groups (broad SMARTS) is 1. The van der Waals surface area contributed by atoms with Crippen molar-refractivity contribution >= 4 is 40.7 Å². The highest BCUT2D eigenvalue weighted by atomic mass is 32.1. The zero-order valence-corrected chi connectivity index (χ0v) is 22.7. The van der Waals surface area contributed by atoms with E-state index < -0.39 is 24.1 Å². The molecule has 2 saturated heterocycles. The van der Waals surface area contributed by atoms with Gasteiger partial charge in [0.2, 0.25) is 0 Å². The summed E-state index contributed by atoms with van der Waals surface area (Å²) in [6.07, 6.45) is 3.17. The number of aryl methyl sites for hydroxylation is 1. The number of likely N-dealkylation sites (tertiary alicyclic amines) is 1. The second-order valence-corrected chi connectivity index (χ2v) is 11.8. The molecule has 2 aliphatic heterocycles. The van der Waals surface area contributed by atoms with Crippen LogP contribution in [0.25, 0.3) is 0 Å². The Labute approximate surface area is 232 Å². The standard InChI is InChI=1S/C30H32N4O4S/c1-20-16-21(19-39-20)17-31(22-12-13-22)29(37)34-25-14-15-26(34)27(28(35)36)32(18-25)30(38)33(23-8-4-2-5-9-23)24-10-6-3-7-11-24/h2-11,16,19,22,25-27H,12-15,17-18H2,1H3,(H,35,36)/t25?,26-,27+/m1/s1. The maximum atomic E-state index is 14.2. The number of fused-ring (bicyclic) bond motifs is 2. The number of anilines is 2. The summed E-state index contributed by atoms with van der Waals surface area (Å²) in [7, 11) is 0. The number of thiophene rings is 1. The first-order valence-electron chi connectivity index (χ1n) is 13.5. The highest BCUT2D eigenvalue weighted by molar-refractivity contribution is 7.10. The third-order valence-corrected chi connectivity index (χ3v) is 8.88. The smallest absolute Gasteiger partial charge is 0.329 e. The van der Waals surface area contributed by atoms with Gasteiger partial charge in [-0.2, -0.15) is 0 Å². The van der Waals surface area contributed by atoms with Gasteiger partial charge in [-0.1, -0.05) is 36.4 Å². The van der Waals surface area contributed by atoms with E-state index in [1.165, 1.54) is 9.78 Å². The second-order valence-electron chi connectivity index (χ2n) is 10.6. The van der Waals surface area contributed by atoms with E-state index in [2.05, 4.69) is 18.4 Å². The largest absolute Gasteiger partial charge is 0.480 e. The molecule has 3 heterocycles. The zero-order valence-electron chi connectivity index (χ0n) is 21.8. The summed E-state index contributed by atoms with van der Waals surface area (Å²) in [6, 6.07) is 18.4. The summed E-state index contributed by atoms with van der Waals surface area (Å²) in [4.78, 5) is 48.9. The number of carbonyl (C=O) groups excluding carboxylic acids is 2. The van der Waals surface area contributed by atoms with Gasteiger partial charge in [0.05, 0.1) is 23.5 Å². The summed E-state index contributed by atoms with van der Waals surface area (Å²) in [5.41, 5.74) is 2.43. The third kappa shape index (κ3) is 4.87. The van der Waals surface area contributed by atoms with Crippen LogP contribution in [0.15, 0.2) is 72.1 Å². The highest BCUT2D eigenvalue weighted by Gasteiger charge is 2.55. The maximum Gasteiger partial charge on any atom is 0.329 e. The fraction of sp³-hybridized carbons (Fsp3) is 0.367. The van der Waals surface area contributed by atoms with Crippen molar-refractivity contribution in [3.63, 3.8) is 0 Å². The number of carboxylic acids is 1. The van der Waals surface area contributed by atoms with Crippen LogP contribution in [-0.4, -0.2) is 68.5 Å². The summed E-state index contributed by atoms with van der Waals surface area (Å²) in [5.74, 6) is -1.08. The number of aliphatic carboxylic acids is 1. The minimum Gasteiger partial charge on any atom is -0.480 e. The maximum absolute atomic E-state index is 14.2. The van der Waals surface area contributed by atoms with Crippen LogP contribution in [0.4, 0.5) is 21.0 Å². The molecule has 2 bridgehead atoms. The molecule has 3 aliphatic rings. The normalized spacial score (nSPS) is 22.0. The molecule has 2 aromatic carbocycles. The fourth-order valence-corrected chi connectivity index (χ4v) is 6.76. The molecule has 1 unspecified atom stereocenters. The second kappa shape index (κ2) is 10.4. The number of carbonyl (C=O) groups is 3. The Morgan fingerprint density at radius 2 is 1.56 bits per heavy atom. The Kier molecular flexibility index (Phi) is 6.76. The molecule has 6 rings (SSSR count). The third-order valence-electron chi connectivity index (χ3n) is 7.96. The van der Waals surface area contributed by atoms with Crippen molar-refractivity contribution in [1.82, 2.24) is 14.7 Å². The first-order valence-corrected chi connectivity index (χ1v) is 14.4. The summed E-state index contributed by atoms with van der Waals surface area (Å²) < 4.78 is 0. The number of hydrogen-bond acceptors (Lipinski definition) is 4. The van der Waals surface area contributed by atoms with Crippen molar-refractivity contribution in [2.45, 2.75) is 63.3 Å². The summed E-state index contributed by atoms with van der Waals surface area (Å²) in [5, 5.41) is 12.5. The van der Waals surface area contributed by atoms with Crippen LogP contribution in [0.1, 0.15) is 36.1 Å². The van der Waals surface area contributed by atoms with E-state index in [0.29, 0.717) is 30.8 Å². The van der Waals surface area contributed by atoms with Crippen molar-refractivity contribution in [2.24, 2.45) is 0 Å². The van der Waals surface area contributed by atoms with Gasteiger partial charge < -0.3 is 19.8 Å². The van der Waals surface area contributed by atoms with E-state index in [0.717, 1.165) is 18.4 Å². The fourth-order valence-electron chi connectivity index (χ4n) is 6.06. The minimum absolute atomic E-state index is 0.102. The molecule has 0 radical (unpaired) electrons. The van der Waals surface area contributed by atoms with Crippen molar-refractivity contribution in [3.8, 4) is 0 Å². The van der Waals surface area contributed by atoms with E-state index in [-0.39, 0.29) is 24.7 Å². The Bertz CT molecular complexity index is 1320. The van der Waals surface area contributed by atoms with Gasteiger partial charge in [-0.3, -0.25) is 4.90 Å². The van der Waals surface area contributed by atoms with E-state index in [9.17, 15) is 19.5 Å². The minimum atomic E-state index is -1.13. The lowest BCUT2D eigenvalue weighted by atomic mass is 10.0. The Morgan fingerprint density at radius 1 is 0.923 bits per heavy atom. The Morgan fingerprint density at radius 3 is 2.10 bits per heavy atom. The number of nitrogens with zero attached hydrogens (tertiary/aromatic N) is 4. The van der Waals surface area contributed by atoms with Crippen LogP contribution >= 0.6 is 11.3 Å². The van der Waals surface area contributed by atoms with Crippen LogP contribution in [0.3, 0.4) is 0 Å². The predicted molar refractivity (Wildman–Crippen MR) is 150 cm³/mol. The Balaban J connectivity index is 1.30. The summed E-state index contributed by atoms with van der Waals surface area (Å²) >= 11 is 1.67. The van der Waals surface area contributed by atoms with E-state index >= 15 is 0 Å². The quantitative estimate of drug-likeness (QED) is 0.431. The number of rotatable bonds is 6. The van der Waals surface area contributed by atoms with Gasteiger partial charge in [0.25, 0.3) is 0 Å². The molecule has 3 atom stereocenters. The summed E-state index contributed by atoms with van der Waals surface area (Å²) in [6.45, 7) is 2.77. The molecule has 1 aromatic heterocycles. The van der Waals surface area contributed by atoms with Crippen molar-refractivity contribution in [1.29, 1.82) is 0 Å². The molecule has 0 spiro atoms. The highest BCUT2D eigenvalue weighted by Crippen LogP contribution is 2.40. The molecular weight excluding hydrogens is 512 g/mol. The SMILES string of the molecule is Cc1cc(CN(C(=O)N2C3CC[C@@H]2[C@@H](C(=O)O)N(C(=O)N(c2ccccc2)c2ccccc2)C3)C2CC2)cs1.